The fourth-order valence-electron chi connectivity index (χ4n) is 2.72. The summed E-state index contributed by atoms with van der Waals surface area (Å²) in [5, 5.41) is 0. The molecule has 0 radical (unpaired) electrons. The van der Waals surface area contributed by atoms with Crippen molar-refractivity contribution >= 4 is 5.65 Å². The Morgan fingerprint density at radius 3 is 2.71 bits per heavy atom. The van der Waals surface area contributed by atoms with Gasteiger partial charge in [-0.2, -0.15) is 0 Å². The Labute approximate surface area is 123 Å². The molecule has 0 aliphatic rings. The largest absolute Gasteiger partial charge is 0.330 e. The molecule has 4 heteroatoms. The van der Waals surface area contributed by atoms with Gasteiger partial charge in [0.25, 0.3) is 0 Å². The van der Waals surface area contributed by atoms with E-state index in [1.54, 1.807) is 13.0 Å². The van der Waals surface area contributed by atoms with Crippen LogP contribution in [0.2, 0.25) is 0 Å². The zero-order valence-electron chi connectivity index (χ0n) is 12.2. The molecule has 2 N–H and O–H groups in total. The average Bonchev–Trinajstić information content (AvgIpc) is 2.83. The van der Waals surface area contributed by atoms with Gasteiger partial charge in [0, 0.05) is 17.7 Å². The van der Waals surface area contributed by atoms with E-state index in [0.717, 1.165) is 34.7 Å². The molecule has 0 saturated carbocycles. The third-order valence-electron chi connectivity index (χ3n) is 3.75. The van der Waals surface area contributed by atoms with Crippen LogP contribution in [0.25, 0.3) is 16.9 Å². The maximum absolute atomic E-state index is 13.5. The van der Waals surface area contributed by atoms with E-state index in [1.807, 2.05) is 31.2 Å². The van der Waals surface area contributed by atoms with Crippen LogP contribution in [0.5, 0.6) is 0 Å². The van der Waals surface area contributed by atoms with E-state index in [2.05, 4.69) is 4.40 Å². The van der Waals surface area contributed by atoms with E-state index in [4.69, 9.17) is 10.7 Å². The molecular weight excluding hydrogens is 265 g/mol. The first-order valence-corrected chi connectivity index (χ1v) is 7.05. The van der Waals surface area contributed by atoms with Gasteiger partial charge in [0.2, 0.25) is 0 Å². The van der Waals surface area contributed by atoms with Crippen molar-refractivity contribution in [2.45, 2.75) is 20.3 Å². The molecule has 21 heavy (non-hydrogen) atoms. The number of hydrogen-bond acceptors (Lipinski definition) is 2. The fourth-order valence-corrected chi connectivity index (χ4v) is 2.72. The summed E-state index contributed by atoms with van der Waals surface area (Å²) in [7, 11) is 0. The molecule has 1 aromatic carbocycles. The molecule has 0 aliphatic heterocycles. The maximum atomic E-state index is 13.5. The predicted octanol–water partition coefficient (Wildman–Crippen LogP) is 3.26. The highest BCUT2D eigenvalue weighted by Gasteiger charge is 2.15. The minimum Gasteiger partial charge on any atom is -0.330 e. The summed E-state index contributed by atoms with van der Waals surface area (Å²) in [5.41, 5.74) is 11.3. The first-order valence-electron chi connectivity index (χ1n) is 7.05. The third-order valence-corrected chi connectivity index (χ3v) is 3.75. The molecule has 0 saturated heterocycles. The van der Waals surface area contributed by atoms with Gasteiger partial charge in [-0.1, -0.05) is 6.07 Å². The van der Waals surface area contributed by atoms with Gasteiger partial charge in [-0.05, 0) is 56.3 Å². The average molecular weight is 283 g/mol. The van der Waals surface area contributed by atoms with Gasteiger partial charge in [0.05, 0.1) is 11.4 Å². The Hall–Kier alpha value is -2.20. The normalized spacial score (nSPS) is 11.2. The van der Waals surface area contributed by atoms with Crippen molar-refractivity contribution in [2.24, 2.45) is 5.73 Å². The van der Waals surface area contributed by atoms with Gasteiger partial charge < -0.3 is 10.1 Å². The number of hydrogen-bond donors (Lipinski definition) is 1. The summed E-state index contributed by atoms with van der Waals surface area (Å²) in [4.78, 5) is 4.72. The lowest BCUT2D eigenvalue weighted by atomic mass is 10.1. The van der Waals surface area contributed by atoms with Gasteiger partial charge in [-0.15, -0.1) is 0 Å². The third kappa shape index (κ3) is 2.32. The Morgan fingerprint density at radius 1 is 1.19 bits per heavy atom. The number of rotatable bonds is 3. The van der Waals surface area contributed by atoms with Crippen molar-refractivity contribution in [1.29, 1.82) is 0 Å². The van der Waals surface area contributed by atoms with Gasteiger partial charge in [0.1, 0.15) is 11.5 Å². The van der Waals surface area contributed by atoms with Crippen LogP contribution < -0.4 is 5.73 Å². The van der Waals surface area contributed by atoms with Crippen molar-refractivity contribution in [3.63, 3.8) is 0 Å². The number of pyridine rings is 1. The maximum Gasteiger partial charge on any atom is 0.137 e. The molecule has 2 aromatic heterocycles. The number of imidazole rings is 1. The minimum atomic E-state index is -0.195. The molecular formula is C17H18FN3. The van der Waals surface area contributed by atoms with Crippen LogP contribution in [0.15, 0.2) is 36.4 Å². The second-order valence-electron chi connectivity index (χ2n) is 5.27. The summed E-state index contributed by atoms with van der Waals surface area (Å²) >= 11 is 0. The van der Waals surface area contributed by atoms with Gasteiger partial charge in [-0.25, -0.2) is 9.37 Å². The Bertz CT molecular complexity index is 805. The van der Waals surface area contributed by atoms with Gasteiger partial charge in [-0.3, -0.25) is 0 Å². The van der Waals surface area contributed by atoms with Gasteiger partial charge in [0.15, 0.2) is 0 Å². The van der Waals surface area contributed by atoms with Crippen molar-refractivity contribution < 1.29 is 4.39 Å². The molecule has 2 heterocycles. The van der Waals surface area contributed by atoms with Gasteiger partial charge >= 0.3 is 0 Å². The predicted molar refractivity (Wildman–Crippen MR) is 82.8 cm³/mol. The lowest BCUT2D eigenvalue weighted by molar-refractivity contribution is 0.618. The zero-order chi connectivity index (χ0) is 15.0. The van der Waals surface area contributed by atoms with E-state index < -0.39 is 0 Å². The number of benzene rings is 1. The van der Waals surface area contributed by atoms with Crippen LogP contribution in [0.4, 0.5) is 4.39 Å². The molecule has 3 rings (SSSR count). The highest BCUT2D eigenvalue weighted by Crippen LogP contribution is 2.27. The van der Waals surface area contributed by atoms with Crippen LogP contribution in [0, 0.1) is 19.7 Å². The van der Waals surface area contributed by atoms with Crippen LogP contribution >= 0.6 is 0 Å². The second-order valence-corrected chi connectivity index (χ2v) is 5.27. The topological polar surface area (TPSA) is 43.3 Å². The van der Waals surface area contributed by atoms with Crippen molar-refractivity contribution in [3.8, 4) is 11.3 Å². The van der Waals surface area contributed by atoms with Crippen molar-refractivity contribution in [2.75, 3.05) is 6.54 Å². The number of halogens is 1. The highest BCUT2D eigenvalue weighted by atomic mass is 19.1. The molecule has 0 unspecified atom stereocenters. The van der Waals surface area contributed by atoms with E-state index in [9.17, 15) is 4.39 Å². The standard InChI is InChI=1S/C17H18FN3/c1-11-10-13(6-7-14(11)18)17-15(8-9-19)21-12(2)4-3-5-16(21)20-17/h3-7,10H,8-9,19H2,1-2H3. The quantitative estimate of drug-likeness (QED) is 0.801. The monoisotopic (exact) mass is 283 g/mol. The second kappa shape index (κ2) is 5.30. The SMILES string of the molecule is Cc1cc(-c2nc3cccc(C)n3c2CCN)ccc1F. The number of nitrogens with two attached hydrogens (primary N) is 1. The summed E-state index contributed by atoms with van der Waals surface area (Å²) in [6.45, 7) is 4.37. The van der Waals surface area contributed by atoms with Crippen molar-refractivity contribution in [1.82, 2.24) is 9.38 Å². The number of aromatic nitrogens is 2. The van der Waals surface area contributed by atoms with E-state index in [0.29, 0.717) is 12.1 Å². The Balaban J connectivity index is 2.28. The summed E-state index contributed by atoms with van der Waals surface area (Å²) < 4.78 is 15.6. The van der Waals surface area contributed by atoms with E-state index in [-0.39, 0.29) is 5.82 Å². The first kappa shape index (κ1) is 13.8. The van der Waals surface area contributed by atoms with E-state index >= 15 is 0 Å². The smallest absolute Gasteiger partial charge is 0.137 e. The lowest BCUT2D eigenvalue weighted by Crippen LogP contribution is -2.07. The zero-order valence-corrected chi connectivity index (χ0v) is 12.2. The number of fused-ring (bicyclic) bond motifs is 1. The van der Waals surface area contributed by atoms with Crippen LogP contribution in [-0.4, -0.2) is 15.9 Å². The summed E-state index contributed by atoms with van der Waals surface area (Å²) in [5.74, 6) is -0.195. The first-order chi connectivity index (χ1) is 10.1. The molecule has 3 aromatic rings. The molecule has 0 spiro atoms. The number of aryl methyl sites for hydroxylation is 2. The number of nitrogens with zero attached hydrogens (tertiary/aromatic N) is 2. The Kier molecular flexibility index (Phi) is 3.47. The molecule has 0 bridgehead atoms. The Morgan fingerprint density at radius 2 is 2.00 bits per heavy atom. The summed E-state index contributed by atoms with van der Waals surface area (Å²) in [6, 6.07) is 11.1. The molecule has 0 aliphatic carbocycles. The fraction of sp³-hybridized carbons (Fsp3) is 0.235. The van der Waals surface area contributed by atoms with E-state index in [1.165, 1.54) is 6.07 Å². The minimum absolute atomic E-state index is 0.195. The highest BCUT2D eigenvalue weighted by molar-refractivity contribution is 5.67. The van der Waals surface area contributed by atoms with Crippen LogP contribution in [0.1, 0.15) is 17.0 Å². The molecule has 108 valence electrons. The summed E-state index contributed by atoms with van der Waals surface area (Å²) in [6.07, 6.45) is 0.734. The molecule has 0 amide bonds. The molecule has 0 fully saturated rings. The molecule has 3 nitrogen and oxygen atoms in total. The van der Waals surface area contributed by atoms with Crippen LogP contribution in [-0.2, 0) is 6.42 Å². The lowest BCUT2D eigenvalue weighted by Gasteiger charge is -2.07. The van der Waals surface area contributed by atoms with Crippen LogP contribution in [0.3, 0.4) is 0 Å². The van der Waals surface area contributed by atoms with Crippen molar-refractivity contribution in [3.05, 3.63) is 59.2 Å². The molecule has 0 atom stereocenters.